The summed E-state index contributed by atoms with van der Waals surface area (Å²) in [5.41, 5.74) is 0.407. The highest BCUT2D eigenvalue weighted by Gasteiger charge is 2.28. The predicted octanol–water partition coefficient (Wildman–Crippen LogP) is 1.68. The fraction of sp³-hybridized carbons (Fsp3) is 0.364. The highest BCUT2D eigenvalue weighted by atomic mass is 16.7. The second kappa shape index (κ2) is 4.50. The number of amides is 1. The fourth-order valence-corrected chi connectivity index (χ4v) is 1.82. The third-order valence-electron chi connectivity index (χ3n) is 2.63. The topological polar surface area (TPSA) is 72.7 Å². The first-order valence-corrected chi connectivity index (χ1v) is 5.30. The van der Waals surface area contributed by atoms with Crippen LogP contribution in [0.3, 0.4) is 0 Å². The van der Waals surface area contributed by atoms with E-state index in [0.717, 1.165) is 6.42 Å². The number of hydrogen-bond donors (Lipinski definition) is 0. The van der Waals surface area contributed by atoms with E-state index < -0.39 is 10.8 Å². The van der Waals surface area contributed by atoms with Crippen molar-refractivity contribution in [3.63, 3.8) is 0 Å². The lowest BCUT2D eigenvalue weighted by Gasteiger charge is -2.14. The van der Waals surface area contributed by atoms with Crippen LogP contribution >= 0.6 is 0 Å². The molecule has 1 aromatic rings. The summed E-state index contributed by atoms with van der Waals surface area (Å²) in [6, 6.07) is 4.69. The Morgan fingerprint density at radius 3 is 2.88 bits per heavy atom. The largest absolute Gasteiger partial charge is 0.285 e. The van der Waals surface area contributed by atoms with E-state index in [4.69, 9.17) is 4.84 Å². The third kappa shape index (κ3) is 2.12. The molecule has 2 rings (SSSR count). The van der Waals surface area contributed by atoms with Gasteiger partial charge in [-0.05, 0) is 19.4 Å². The summed E-state index contributed by atoms with van der Waals surface area (Å²) in [5.74, 6) is -0.446. The minimum atomic E-state index is -0.529. The van der Waals surface area contributed by atoms with Crippen molar-refractivity contribution in [1.82, 2.24) is 5.06 Å². The molecular formula is C11H12N2O4. The van der Waals surface area contributed by atoms with Gasteiger partial charge in [-0.1, -0.05) is 12.1 Å². The summed E-state index contributed by atoms with van der Waals surface area (Å²) >= 11 is 0. The van der Waals surface area contributed by atoms with Gasteiger partial charge in [-0.25, -0.2) is 5.06 Å². The molecule has 6 nitrogen and oxygen atoms in total. The number of rotatable bonds is 2. The van der Waals surface area contributed by atoms with Crippen LogP contribution in [-0.2, 0) is 4.84 Å². The maximum Gasteiger partial charge on any atom is 0.285 e. The molecule has 0 saturated carbocycles. The lowest BCUT2D eigenvalue weighted by Crippen LogP contribution is -2.27. The van der Waals surface area contributed by atoms with Gasteiger partial charge in [0.05, 0.1) is 18.1 Å². The Bertz CT molecular complexity index is 467. The summed E-state index contributed by atoms with van der Waals surface area (Å²) in [6.07, 6.45) is 0.755. The van der Waals surface area contributed by atoms with Crippen molar-refractivity contribution in [3.05, 3.63) is 39.4 Å². The van der Waals surface area contributed by atoms with Gasteiger partial charge in [0.1, 0.15) is 5.56 Å². The summed E-state index contributed by atoms with van der Waals surface area (Å²) in [6.45, 7) is 2.56. The molecule has 1 saturated heterocycles. The van der Waals surface area contributed by atoms with E-state index in [9.17, 15) is 14.9 Å². The zero-order valence-electron chi connectivity index (χ0n) is 9.38. The number of para-hydroxylation sites is 1. The van der Waals surface area contributed by atoms with Crippen molar-refractivity contribution < 1.29 is 14.6 Å². The van der Waals surface area contributed by atoms with Crippen molar-refractivity contribution in [2.45, 2.75) is 13.3 Å². The van der Waals surface area contributed by atoms with Crippen molar-refractivity contribution >= 4 is 11.6 Å². The molecule has 6 heteroatoms. The Morgan fingerprint density at radius 1 is 1.53 bits per heavy atom. The summed E-state index contributed by atoms with van der Waals surface area (Å²) in [4.78, 5) is 27.6. The van der Waals surface area contributed by atoms with Crippen molar-refractivity contribution in [3.8, 4) is 0 Å². The average molecular weight is 236 g/mol. The minimum Gasteiger partial charge on any atom is -0.271 e. The van der Waals surface area contributed by atoms with Gasteiger partial charge in [0.2, 0.25) is 0 Å². The smallest absolute Gasteiger partial charge is 0.271 e. The maximum atomic E-state index is 12.0. The highest BCUT2D eigenvalue weighted by molar-refractivity contribution is 5.98. The first-order chi connectivity index (χ1) is 8.11. The number of aryl methyl sites for hydroxylation is 1. The van der Waals surface area contributed by atoms with Crippen LogP contribution < -0.4 is 0 Å². The van der Waals surface area contributed by atoms with Gasteiger partial charge < -0.3 is 0 Å². The van der Waals surface area contributed by atoms with Crippen LogP contribution in [0.15, 0.2) is 18.2 Å². The molecule has 0 bridgehead atoms. The first-order valence-electron chi connectivity index (χ1n) is 5.30. The Hall–Kier alpha value is -1.95. The number of nitro benzene ring substituents is 1. The average Bonchev–Trinajstić information content (AvgIpc) is 2.80. The molecule has 0 N–H and O–H groups in total. The van der Waals surface area contributed by atoms with E-state index in [-0.39, 0.29) is 11.3 Å². The number of hydrogen-bond acceptors (Lipinski definition) is 4. The molecule has 0 atom stereocenters. The van der Waals surface area contributed by atoms with Crippen LogP contribution in [0.1, 0.15) is 22.3 Å². The zero-order valence-corrected chi connectivity index (χ0v) is 9.38. The van der Waals surface area contributed by atoms with Crippen LogP contribution in [0.4, 0.5) is 5.69 Å². The van der Waals surface area contributed by atoms with Crippen LogP contribution in [0.25, 0.3) is 0 Å². The molecular weight excluding hydrogens is 224 g/mol. The van der Waals surface area contributed by atoms with E-state index in [1.165, 1.54) is 11.1 Å². The van der Waals surface area contributed by atoms with Crippen LogP contribution in [0.2, 0.25) is 0 Å². The molecule has 1 fully saturated rings. The Kier molecular flexibility index (Phi) is 3.06. The monoisotopic (exact) mass is 236 g/mol. The number of carbonyl (C=O) groups is 1. The molecule has 1 aromatic carbocycles. The van der Waals surface area contributed by atoms with E-state index in [1.807, 2.05) is 0 Å². The van der Waals surface area contributed by atoms with Gasteiger partial charge in [-0.2, -0.15) is 0 Å². The molecule has 1 aliphatic rings. The highest BCUT2D eigenvalue weighted by Crippen LogP contribution is 2.25. The maximum absolute atomic E-state index is 12.0. The standard InChI is InChI=1S/C11H12N2O4/c1-8-4-2-5-9(10(8)13(15)16)11(14)12-6-3-7-17-12/h2,4-5H,3,6-7H2,1H3. The molecule has 90 valence electrons. The molecule has 0 spiro atoms. The van der Waals surface area contributed by atoms with Crippen LogP contribution in [0.5, 0.6) is 0 Å². The lowest BCUT2D eigenvalue weighted by atomic mass is 10.1. The van der Waals surface area contributed by atoms with Gasteiger partial charge >= 0.3 is 0 Å². The zero-order chi connectivity index (χ0) is 12.4. The first kappa shape index (κ1) is 11.5. The summed E-state index contributed by atoms with van der Waals surface area (Å²) < 4.78 is 0. The number of hydroxylamine groups is 2. The van der Waals surface area contributed by atoms with Crippen molar-refractivity contribution in [1.29, 1.82) is 0 Å². The number of nitro groups is 1. The van der Waals surface area contributed by atoms with E-state index >= 15 is 0 Å². The molecule has 1 amide bonds. The summed E-state index contributed by atoms with van der Waals surface area (Å²) in [5, 5.41) is 12.1. The van der Waals surface area contributed by atoms with Gasteiger partial charge in [0.15, 0.2) is 0 Å². The third-order valence-corrected chi connectivity index (χ3v) is 2.63. The molecule has 1 aliphatic heterocycles. The number of benzene rings is 1. The van der Waals surface area contributed by atoms with E-state index in [1.54, 1.807) is 19.1 Å². The molecule has 0 radical (unpaired) electrons. The van der Waals surface area contributed by atoms with E-state index in [2.05, 4.69) is 0 Å². The lowest BCUT2D eigenvalue weighted by molar-refractivity contribution is -0.385. The second-order valence-electron chi connectivity index (χ2n) is 3.82. The Morgan fingerprint density at radius 2 is 2.29 bits per heavy atom. The predicted molar refractivity (Wildman–Crippen MR) is 59.4 cm³/mol. The van der Waals surface area contributed by atoms with Gasteiger partial charge in [0, 0.05) is 5.56 Å². The van der Waals surface area contributed by atoms with Gasteiger partial charge in [0.25, 0.3) is 11.6 Å². The van der Waals surface area contributed by atoms with Crippen LogP contribution in [-0.4, -0.2) is 29.0 Å². The van der Waals surface area contributed by atoms with E-state index in [0.29, 0.717) is 18.7 Å². The Balaban J connectivity index is 2.40. The Labute approximate surface area is 97.9 Å². The minimum absolute atomic E-state index is 0.0805. The number of nitrogens with zero attached hydrogens (tertiary/aromatic N) is 2. The summed E-state index contributed by atoms with van der Waals surface area (Å²) in [7, 11) is 0. The molecule has 0 unspecified atom stereocenters. The fourth-order valence-electron chi connectivity index (χ4n) is 1.82. The molecule has 17 heavy (non-hydrogen) atoms. The molecule has 0 aliphatic carbocycles. The quantitative estimate of drug-likeness (QED) is 0.578. The van der Waals surface area contributed by atoms with Gasteiger partial charge in [-0.3, -0.25) is 19.7 Å². The van der Waals surface area contributed by atoms with Crippen molar-refractivity contribution in [2.75, 3.05) is 13.2 Å². The normalized spacial score (nSPS) is 15.0. The number of carbonyl (C=O) groups excluding carboxylic acids is 1. The SMILES string of the molecule is Cc1cccc(C(=O)N2CCCO2)c1[N+](=O)[O-]. The molecule has 0 aromatic heterocycles. The van der Waals surface area contributed by atoms with Crippen molar-refractivity contribution in [2.24, 2.45) is 0 Å². The van der Waals surface area contributed by atoms with Gasteiger partial charge in [-0.15, -0.1) is 0 Å². The second-order valence-corrected chi connectivity index (χ2v) is 3.82. The molecule has 1 heterocycles. The van der Waals surface area contributed by atoms with Crippen LogP contribution in [0, 0.1) is 17.0 Å².